The molecule has 1 N–H and O–H groups in total. The molecule has 0 saturated carbocycles. The highest BCUT2D eigenvalue weighted by atomic mass is 16.3. The highest BCUT2D eigenvalue weighted by molar-refractivity contribution is 5.74. The first kappa shape index (κ1) is 8.90. The lowest BCUT2D eigenvalue weighted by Gasteiger charge is -1.97. The van der Waals surface area contributed by atoms with Crippen molar-refractivity contribution in [1.29, 1.82) is 0 Å². The van der Waals surface area contributed by atoms with Crippen molar-refractivity contribution in [3.8, 4) is 11.6 Å². The Bertz CT molecular complexity index is 693. The van der Waals surface area contributed by atoms with Crippen LogP contribution in [-0.4, -0.2) is 19.7 Å². The minimum Gasteiger partial charge on any atom is -0.461 e. The summed E-state index contributed by atoms with van der Waals surface area (Å²) in [5.41, 5.74) is 0.319. The summed E-state index contributed by atoms with van der Waals surface area (Å²) in [5, 5.41) is 4.45. The van der Waals surface area contributed by atoms with Crippen molar-refractivity contribution in [3.05, 3.63) is 34.9 Å². The fourth-order valence-electron chi connectivity index (χ4n) is 1.56. The van der Waals surface area contributed by atoms with Gasteiger partial charge in [-0.15, -0.1) is 0 Å². The highest BCUT2D eigenvalue weighted by Crippen LogP contribution is 2.15. The number of hydrogen-bond donors (Lipinski definition) is 1. The second kappa shape index (κ2) is 3.06. The summed E-state index contributed by atoms with van der Waals surface area (Å²) in [6.07, 6.45) is 3.02. The number of fused-ring (bicyclic) bond motifs is 1. The Balaban J connectivity index is 2.36. The quantitative estimate of drug-likeness (QED) is 0.656. The van der Waals surface area contributed by atoms with Crippen LogP contribution >= 0.6 is 0 Å². The summed E-state index contributed by atoms with van der Waals surface area (Å²) in [7, 11) is 1.74. The maximum absolute atomic E-state index is 11.7. The van der Waals surface area contributed by atoms with Crippen molar-refractivity contribution in [2.24, 2.45) is 7.05 Å². The van der Waals surface area contributed by atoms with Crippen LogP contribution in [0.4, 0.5) is 0 Å². The SMILES string of the molecule is Cn1ncc2c(=O)[nH]c(-c3ccco3)nc21. The molecule has 3 rings (SSSR count). The molecule has 6 heteroatoms. The molecule has 0 atom stereocenters. The van der Waals surface area contributed by atoms with E-state index in [2.05, 4.69) is 15.1 Å². The lowest BCUT2D eigenvalue weighted by Crippen LogP contribution is -2.09. The van der Waals surface area contributed by atoms with E-state index in [1.54, 1.807) is 23.9 Å². The van der Waals surface area contributed by atoms with E-state index < -0.39 is 0 Å². The Morgan fingerprint density at radius 1 is 1.50 bits per heavy atom. The van der Waals surface area contributed by atoms with E-state index in [-0.39, 0.29) is 5.56 Å². The number of aromatic amines is 1. The third-order valence-corrected chi connectivity index (χ3v) is 2.36. The van der Waals surface area contributed by atoms with Crippen LogP contribution in [0.5, 0.6) is 0 Å². The third kappa shape index (κ3) is 1.16. The highest BCUT2D eigenvalue weighted by Gasteiger charge is 2.10. The molecular weight excluding hydrogens is 208 g/mol. The molecule has 0 spiro atoms. The summed E-state index contributed by atoms with van der Waals surface area (Å²) in [4.78, 5) is 18.7. The van der Waals surface area contributed by atoms with Crippen LogP contribution in [0.15, 0.2) is 33.8 Å². The molecule has 0 aliphatic rings. The van der Waals surface area contributed by atoms with E-state index in [9.17, 15) is 4.79 Å². The van der Waals surface area contributed by atoms with Gasteiger partial charge in [0, 0.05) is 7.05 Å². The standard InChI is InChI=1S/C10H8N4O2/c1-14-9-6(5-11-14)10(15)13-8(12-9)7-3-2-4-16-7/h2-5H,1H3,(H,12,13,15). The van der Waals surface area contributed by atoms with E-state index in [0.717, 1.165) is 0 Å². The van der Waals surface area contributed by atoms with Crippen LogP contribution < -0.4 is 5.56 Å². The number of aryl methyl sites for hydroxylation is 1. The van der Waals surface area contributed by atoms with E-state index in [1.165, 1.54) is 12.5 Å². The Labute approximate surface area is 89.5 Å². The van der Waals surface area contributed by atoms with Crippen molar-refractivity contribution >= 4 is 11.0 Å². The van der Waals surface area contributed by atoms with Crippen LogP contribution in [0.3, 0.4) is 0 Å². The Morgan fingerprint density at radius 2 is 2.38 bits per heavy atom. The van der Waals surface area contributed by atoms with E-state index in [4.69, 9.17) is 4.42 Å². The molecule has 0 unspecified atom stereocenters. The monoisotopic (exact) mass is 216 g/mol. The second-order valence-electron chi connectivity index (χ2n) is 3.40. The molecule has 0 saturated heterocycles. The van der Waals surface area contributed by atoms with Crippen LogP contribution in [0.1, 0.15) is 0 Å². The van der Waals surface area contributed by atoms with E-state index >= 15 is 0 Å². The summed E-state index contributed by atoms with van der Waals surface area (Å²) in [6.45, 7) is 0. The van der Waals surface area contributed by atoms with Crippen LogP contribution in [0.25, 0.3) is 22.6 Å². The molecule has 3 aromatic heterocycles. The smallest absolute Gasteiger partial charge is 0.262 e. The topological polar surface area (TPSA) is 76.7 Å². The number of aromatic nitrogens is 4. The number of rotatable bonds is 1. The number of H-pyrrole nitrogens is 1. The molecule has 3 heterocycles. The van der Waals surface area contributed by atoms with Crippen LogP contribution in [-0.2, 0) is 7.05 Å². The lowest BCUT2D eigenvalue weighted by atomic mass is 10.4. The number of nitrogens with zero attached hydrogens (tertiary/aromatic N) is 3. The van der Waals surface area contributed by atoms with Gasteiger partial charge < -0.3 is 9.40 Å². The zero-order valence-corrected chi connectivity index (χ0v) is 8.47. The van der Waals surface area contributed by atoms with Crippen LogP contribution in [0, 0.1) is 0 Å². The number of nitrogens with one attached hydrogen (secondary N) is 1. The van der Waals surface area contributed by atoms with E-state index in [1.807, 2.05) is 0 Å². The zero-order valence-electron chi connectivity index (χ0n) is 8.47. The van der Waals surface area contributed by atoms with Gasteiger partial charge in [-0.2, -0.15) is 5.10 Å². The summed E-state index contributed by atoms with van der Waals surface area (Å²) < 4.78 is 6.73. The fraction of sp³-hybridized carbons (Fsp3) is 0.100. The first-order valence-electron chi connectivity index (χ1n) is 4.71. The molecule has 0 aromatic carbocycles. The van der Waals surface area contributed by atoms with Gasteiger partial charge in [0.2, 0.25) is 0 Å². The molecule has 6 nitrogen and oxygen atoms in total. The van der Waals surface area contributed by atoms with Gasteiger partial charge in [0.25, 0.3) is 5.56 Å². The van der Waals surface area contributed by atoms with Gasteiger partial charge in [-0.05, 0) is 12.1 Å². The fourth-order valence-corrected chi connectivity index (χ4v) is 1.56. The number of furan rings is 1. The van der Waals surface area contributed by atoms with Crippen molar-refractivity contribution < 1.29 is 4.42 Å². The molecule has 0 fully saturated rings. The minimum absolute atomic E-state index is 0.218. The summed E-state index contributed by atoms with van der Waals surface area (Å²) in [6, 6.07) is 3.48. The molecule has 0 bridgehead atoms. The second-order valence-corrected chi connectivity index (χ2v) is 3.40. The van der Waals surface area contributed by atoms with Gasteiger partial charge in [0.15, 0.2) is 17.2 Å². The van der Waals surface area contributed by atoms with Gasteiger partial charge in [-0.1, -0.05) is 0 Å². The van der Waals surface area contributed by atoms with Crippen molar-refractivity contribution in [2.75, 3.05) is 0 Å². The minimum atomic E-state index is -0.218. The average molecular weight is 216 g/mol. The Morgan fingerprint density at radius 3 is 3.12 bits per heavy atom. The van der Waals surface area contributed by atoms with Gasteiger partial charge in [-0.25, -0.2) is 4.98 Å². The van der Waals surface area contributed by atoms with Gasteiger partial charge >= 0.3 is 0 Å². The molecule has 0 radical (unpaired) electrons. The van der Waals surface area contributed by atoms with E-state index in [0.29, 0.717) is 22.6 Å². The molecule has 16 heavy (non-hydrogen) atoms. The van der Waals surface area contributed by atoms with Crippen molar-refractivity contribution in [2.45, 2.75) is 0 Å². The Hall–Kier alpha value is -2.37. The van der Waals surface area contributed by atoms with Crippen molar-refractivity contribution in [1.82, 2.24) is 19.7 Å². The maximum Gasteiger partial charge on any atom is 0.262 e. The maximum atomic E-state index is 11.7. The van der Waals surface area contributed by atoms with Gasteiger partial charge in [0.1, 0.15) is 5.39 Å². The van der Waals surface area contributed by atoms with Gasteiger partial charge in [0.05, 0.1) is 12.5 Å². The molecule has 0 amide bonds. The normalized spacial score (nSPS) is 11.1. The third-order valence-electron chi connectivity index (χ3n) is 2.36. The lowest BCUT2D eigenvalue weighted by molar-refractivity contribution is 0.577. The largest absolute Gasteiger partial charge is 0.461 e. The number of hydrogen-bond acceptors (Lipinski definition) is 4. The molecule has 3 aromatic rings. The predicted octanol–water partition coefficient (Wildman–Crippen LogP) is 0.917. The molecule has 80 valence electrons. The first-order chi connectivity index (χ1) is 7.75. The Kier molecular flexibility index (Phi) is 1.70. The first-order valence-corrected chi connectivity index (χ1v) is 4.71. The average Bonchev–Trinajstić information content (AvgIpc) is 2.88. The van der Waals surface area contributed by atoms with Crippen molar-refractivity contribution in [3.63, 3.8) is 0 Å². The van der Waals surface area contributed by atoms with Gasteiger partial charge in [-0.3, -0.25) is 9.48 Å². The molecule has 0 aliphatic carbocycles. The summed E-state index contributed by atoms with van der Waals surface area (Å²) in [5.74, 6) is 0.936. The molecular formula is C10H8N4O2. The molecule has 0 aliphatic heterocycles. The predicted molar refractivity (Wildman–Crippen MR) is 56.8 cm³/mol. The zero-order chi connectivity index (χ0) is 11.1. The summed E-state index contributed by atoms with van der Waals surface area (Å²) >= 11 is 0. The van der Waals surface area contributed by atoms with Crippen LogP contribution in [0.2, 0.25) is 0 Å².